The summed E-state index contributed by atoms with van der Waals surface area (Å²) in [5.74, 6) is -2.35. The number of nitrogens with two attached hydrogens (primary N) is 1. The molecule has 1 heterocycles. The summed E-state index contributed by atoms with van der Waals surface area (Å²) in [5, 5.41) is 0. The molecule has 0 bridgehead atoms. The van der Waals surface area contributed by atoms with Gasteiger partial charge in [0.05, 0.1) is 0 Å². The van der Waals surface area contributed by atoms with Crippen molar-refractivity contribution >= 4 is 0 Å². The Balaban J connectivity index is 2.03. The van der Waals surface area contributed by atoms with Crippen LogP contribution < -0.4 is 5.73 Å². The zero-order valence-electron chi connectivity index (χ0n) is 11.4. The van der Waals surface area contributed by atoms with Crippen molar-refractivity contribution < 1.29 is 8.78 Å². The molecule has 1 saturated heterocycles. The van der Waals surface area contributed by atoms with Gasteiger partial charge < -0.3 is 10.6 Å². The molecular formula is C15H22F2N2. The Morgan fingerprint density at radius 2 is 2.00 bits per heavy atom. The van der Waals surface area contributed by atoms with E-state index in [2.05, 4.69) is 4.90 Å². The van der Waals surface area contributed by atoms with Crippen LogP contribution in [-0.4, -0.2) is 31.1 Å². The fourth-order valence-corrected chi connectivity index (χ4v) is 2.74. The summed E-state index contributed by atoms with van der Waals surface area (Å²) in [6, 6.07) is 6.89. The molecule has 19 heavy (non-hydrogen) atoms. The Bertz CT molecular complexity index is 407. The van der Waals surface area contributed by atoms with Crippen molar-refractivity contribution in [3.8, 4) is 0 Å². The Morgan fingerprint density at radius 3 is 2.58 bits per heavy atom. The molecular weight excluding hydrogens is 246 g/mol. The van der Waals surface area contributed by atoms with Crippen molar-refractivity contribution in [1.29, 1.82) is 0 Å². The number of likely N-dealkylation sites (tertiary alicyclic amines) is 1. The predicted octanol–water partition coefficient (Wildman–Crippen LogP) is 2.94. The largest absolute Gasteiger partial charge is 0.329 e. The van der Waals surface area contributed by atoms with Crippen LogP contribution in [0.5, 0.6) is 0 Å². The Labute approximate surface area is 113 Å². The van der Waals surface area contributed by atoms with Gasteiger partial charge in [0.15, 0.2) is 0 Å². The molecule has 0 aliphatic carbocycles. The summed E-state index contributed by atoms with van der Waals surface area (Å²) in [6.07, 6.45) is 2.05. The van der Waals surface area contributed by atoms with Gasteiger partial charge in [-0.15, -0.1) is 0 Å². The minimum Gasteiger partial charge on any atom is -0.329 e. The summed E-state index contributed by atoms with van der Waals surface area (Å²) in [5.41, 5.74) is 6.72. The number of piperidine rings is 1. The van der Waals surface area contributed by atoms with Crippen LogP contribution in [0.1, 0.15) is 36.8 Å². The van der Waals surface area contributed by atoms with Crippen molar-refractivity contribution in [2.45, 2.75) is 31.6 Å². The predicted molar refractivity (Wildman–Crippen MR) is 73.5 cm³/mol. The van der Waals surface area contributed by atoms with Crippen LogP contribution in [0.4, 0.5) is 8.78 Å². The number of nitrogens with zero attached hydrogens (tertiary/aromatic N) is 1. The molecule has 2 nitrogen and oxygen atoms in total. The van der Waals surface area contributed by atoms with Gasteiger partial charge in [-0.3, -0.25) is 0 Å². The van der Waals surface area contributed by atoms with Gasteiger partial charge in [0, 0.05) is 25.6 Å². The van der Waals surface area contributed by atoms with Crippen molar-refractivity contribution in [3.63, 3.8) is 0 Å². The van der Waals surface area contributed by atoms with E-state index < -0.39 is 5.92 Å². The minimum atomic E-state index is -2.75. The monoisotopic (exact) mass is 268 g/mol. The lowest BCUT2D eigenvalue weighted by Crippen LogP contribution is -2.36. The fourth-order valence-electron chi connectivity index (χ4n) is 2.74. The highest BCUT2D eigenvalue weighted by Gasteiger charge is 2.26. The second-order valence-electron chi connectivity index (χ2n) is 5.42. The minimum absolute atomic E-state index is 0.120. The zero-order chi connectivity index (χ0) is 13.9. The van der Waals surface area contributed by atoms with Crippen molar-refractivity contribution in [1.82, 2.24) is 4.90 Å². The van der Waals surface area contributed by atoms with Crippen LogP contribution in [0.3, 0.4) is 0 Å². The van der Waals surface area contributed by atoms with E-state index in [0.717, 1.165) is 45.0 Å². The third kappa shape index (κ3) is 3.74. The topological polar surface area (TPSA) is 29.3 Å². The van der Waals surface area contributed by atoms with Crippen LogP contribution in [0, 0.1) is 0 Å². The first-order chi connectivity index (χ1) is 9.00. The average Bonchev–Trinajstić information content (AvgIpc) is 2.39. The van der Waals surface area contributed by atoms with E-state index in [0.29, 0.717) is 12.5 Å². The lowest BCUT2D eigenvalue weighted by Gasteiger charge is -2.32. The summed E-state index contributed by atoms with van der Waals surface area (Å²) in [4.78, 5) is 2.34. The molecule has 0 unspecified atom stereocenters. The van der Waals surface area contributed by atoms with Crippen molar-refractivity contribution in [2.75, 3.05) is 26.2 Å². The van der Waals surface area contributed by atoms with E-state index in [9.17, 15) is 8.78 Å². The van der Waals surface area contributed by atoms with Gasteiger partial charge in [-0.05, 0) is 43.5 Å². The smallest absolute Gasteiger partial charge is 0.270 e. The molecule has 0 spiro atoms. The van der Waals surface area contributed by atoms with E-state index in [-0.39, 0.29) is 5.56 Å². The van der Waals surface area contributed by atoms with Crippen LogP contribution in [0.2, 0.25) is 0 Å². The van der Waals surface area contributed by atoms with E-state index in [4.69, 9.17) is 5.73 Å². The number of hydrogen-bond acceptors (Lipinski definition) is 2. The fraction of sp³-hybridized carbons (Fsp3) is 0.600. The number of rotatable bonds is 4. The van der Waals surface area contributed by atoms with E-state index in [1.165, 1.54) is 6.07 Å². The molecule has 1 aliphatic rings. The van der Waals surface area contributed by atoms with Gasteiger partial charge in [0.1, 0.15) is 0 Å². The van der Waals surface area contributed by atoms with Crippen LogP contribution in [0.15, 0.2) is 24.3 Å². The normalized spacial score (nSPS) is 18.7. The number of benzene rings is 1. The maximum absolute atomic E-state index is 13.3. The van der Waals surface area contributed by atoms with E-state index >= 15 is 0 Å². The average molecular weight is 268 g/mol. The first-order valence-electron chi connectivity index (χ1n) is 6.91. The molecule has 0 saturated carbocycles. The molecule has 0 atom stereocenters. The van der Waals surface area contributed by atoms with Crippen LogP contribution in [0.25, 0.3) is 0 Å². The molecule has 1 aromatic carbocycles. The summed E-state index contributed by atoms with van der Waals surface area (Å²) < 4.78 is 26.7. The molecule has 2 N–H and O–H groups in total. The van der Waals surface area contributed by atoms with Crippen molar-refractivity contribution in [3.05, 3.63) is 35.4 Å². The van der Waals surface area contributed by atoms with Gasteiger partial charge >= 0.3 is 0 Å². The van der Waals surface area contributed by atoms with Crippen LogP contribution in [-0.2, 0) is 5.92 Å². The molecule has 0 radical (unpaired) electrons. The molecule has 4 heteroatoms. The number of alkyl halides is 2. The summed E-state index contributed by atoms with van der Waals surface area (Å²) in [6.45, 7) is 4.58. The molecule has 1 aliphatic heterocycles. The lowest BCUT2D eigenvalue weighted by molar-refractivity contribution is 0.0173. The van der Waals surface area contributed by atoms with E-state index in [1.54, 1.807) is 12.1 Å². The molecule has 2 rings (SSSR count). The number of halogens is 2. The molecule has 0 aromatic heterocycles. The highest BCUT2D eigenvalue weighted by Crippen LogP contribution is 2.32. The third-order valence-corrected chi connectivity index (χ3v) is 3.90. The van der Waals surface area contributed by atoms with Gasteiger partial charge in [-0.25, -0.2) is 8.78 Å². The standard InChI is InChI=1S/C15H22F2N2/c1-15(16,17)14-4-2-3-13(11-14)12-5-8-19(9-6-12)10-7-18/h2-4,11-12H,5-10,18H2,1H3. The second-order valence-corrected chi connectivity index (χ2v) is 5.42. The maximum Gasteiger partial charge on any atom is 0.270 e. The van der Waals surface area contributed by atoms with Crippen molar-refractivity contribution in [2.24, 2.45) is 5.73 Å². The molecule has 0 amide bonds. The lowest BCUT2D eigenvalue weighted by atomic mass is 9.88. The maximum atomic E-state index is 13.3. The summed E-state index contributed by atoms with van der Waals surface area (Å²) >= 11 is 0. The third-order valence-electron chi connectivity index (χ3n) is 3.90. The highest BCUT2D eigenvalue weighted by molar-refractivity contribution is 5.29. The quantitative estimate of drug-likeness (QED) is 0.909. The molecule has 1 fully saturated rings. The first kappa shape index (κ1) is 14.4. The summed E-state index contributed by atoms with van der Waals surface area (Å²) in [7, 11) is 0. The van der Waals surface area contributed by atoms with Crippen LogP contribution >= 0.6 is 0 Å². The van der Waals surface area contributed by atoms with Gasteiger partial charge in [-0.1, -0.05) is 18.2 Å². The Kier molecular flexibility index (Phi) is 4.53. The Hall–Kier alpha value is -1.00. The molecule has 1 aromatic rings. The molecule has 106 valence electrons. The highest BCUT2D eigenvalue weighted by atomic mass is 19.3. The second kappa shape index (κ2) is 5.97. The van der Waals surface area contributed by atoms with Gasteiger partial charge in [-0.2, -0.15) is 0 Å². The number of hydrogen-bond donors (Lipinski definition) is 1. The zero-order valence-corrected chi connectivity index (χ0v) is 11.4. The van der Waals surface area contributed by atoms with Gasteiger partial charge in [0.2, 0.25) is 0 Å². The van der Waals surface area contributed by atoms with Gasteiger partial charge in [0.25, 0.3) is 5.92 Å². The van der Waals surface area contributed by atoms with E-state index in [1.807, 2.05) is 6.07 Å². The SMILES string of the molecule is CC(F)(F)c1cccc(C2CCN(CCN)CC2)c1. The first-order valence-corrected chi connectivity index (χ1v) is 6.91. The Morgan fingerprint density at radius 1 is 1.32 bits per heavy atom.